The standard InChI is InChI=1S/C19H26F3N7O/c1-12(2)16-27-15-7-6-13(11-29(15)28-16)26-18(23-3)25-9-10-30-17-14(19(20,21)22)5-4-8-24-17/h4-5,8,12-13H,6-7,9-11H2,1-3H3,(H2,23,25,26). The topological polar surface area (TPSA) is 89.2 Å². The Morgan fingerprint density at radius 3 is 2.90 bits per heavy atom. The number of hydrogen-bond acceptors (Lipinski definition) is 5. The third-order valence-corrected chi connectivity index (χ3v) is 4.67. The summed E-state index contributed by atoms with van der Waals surface area (Å²) in [5.74, 6) is 2.23. The van der Waals surface area contributed by atoms with Gasteiger partial charge in [-0.1, -0.05) is 13.8 Å². The van der Waals surface area contributed by atoms with E-state index < -0.39 is 17.6 Å². The van der Waals surface area contributed by atoms with Crippen LogP contribution in [0.15, 0.2) is 23.3 Å². The summed E-state index contributed by atoms with van der Waals surface area (Å²) in [6, 6.07) is 2.30. The van der Waals surface area contributed by atoms with Crippen molar-refractivity contribution in [3.8, 4) is 5.88 Å². The van der Waals surface area contributed by atoms with Crippen LogP contribution >= 0.6 is 0 Å². The lowest BCUT2D eigenvalue weighted by molar-refractivity contribution is -0.139. The van der Waals surface area contributed by atoms with E-state index in [2.05, 4.69) is 44.5 Å². The van der Waals surface area contributed by atoms with E-state index in [1.54, 1.807) is 7.05 Å². The molecule has 0 aromatic carbocycles. The summed E-state index contributed by atoms with van der Waals surface area (Å²) in [7, 11) is 1.64. The van der Waals surface area contributed by atoms with Crippen molar-refractivity contribution in [2.24, 2.45) is 4.99 Å². The molecule has 0 spiro atoms. The van der Waals surface area contributed by atoms with E-state index in [0.717, 1.165) is 30.6 Å². The SMILES string of the molecule is CN=C(NCCOc1ncccc1C(F)(F)F)NC1CCc2nc(C(C)C)nn2C1. The van der Waals surface area contributed by atoms with Gasteiger partial charge >= 0.3 is 6.18 Å². The predicted molar refractivity (Wildman–Crippen MR) is 105 cm³/mol. The van der Waals surface area contributed by atoms with Gasteiger partial charge in [-0.05, 0) is 18.6 Å². The first kappa shape index (κ1) is 21.8. The van der Waals surface area contributed by atoms with Crippen molar-refractivity contribution in [2.45, 2.75) is 51.4 Å². The van der Waals surface area contributed by atoms with E-state index in [1.165, 1.54) is 12.3 Å². The Morgan fingerprint density at radius 2 is 2.20 bits per heavy atom. The summed E-state index contributed by atoms with van der Waals surface area (Å²) in [4.78, 5) is 12.4. The van der Waals surface area contributed by atoms with Crippen molar-refractivity contribution in [2.75, 3.05) is 20.2 Å². The van der Waals surface area contributed by atoms with Gasteiger partial charge in [0.05, 0.1) is 13.1 Å². The zero-order chi connectivity index (χ0) is 21.7. The van der Waals surface area contributed by atoms with Crippen LogP contribution in [0.4, 0.5) is 13.2 Å². The van der Waals surface area contributed by atoms with Crippen molar-refractivity contribution >= 4 is 5.96 Å². The molecular weight excluding hydrogens is 399 g/mol. The monoisotopic (exact) mass is 425 g/mol. The largest absolute Gasteiger partial charge is 0.475 e. The van der Waals surface area contributed by atoms with E-state index in [1.807, 2.05) is 4.68 Å². The number of nitrogens with one attached hydrogen (secondary N) is 2. The van der Waals surface area contributed by atoms with Gasteiger partial charge in [0.2, 0.25) is 5.88 Å². The second-order valence-electron chi connectivity index (χ2n) is 7.30. The van der Waals surface area contributed by atoms with E-state index in [9.17, 15) is 13.2 Å². The third kappa shape index (κ3) is 5.39. The Kier molecular flexibility index (Phi) is 6.78. The van der Waals surface area contributed by atoms with Crippen molar-refractivity contribution in [1.29, 1.82) is 0 Å². The van der Waals surface area contributed by atoms with Crippen LogP contribution in [0.1, 0.15) is 43.4 Å². The minimum atomic E-state index is -4.51. The number of pyridine rings is 1. The molecule has 1 aliphatic heterocycles. The number of aryl methyl sites for hydroxylation is 1. The molecular formula is C19H26F3N7O. The Morgan fingerprint density at radius 1 is 1.40 bits per heavy atom. The lowest BCUT2D eigenvalue weighted by Crippen LogP contribution is -2.47. The molecule has 1 unspecified atom stereocenters. The second-order valence-corrected chi connectivity index (χ2v) is 7.30. The molecule has 0 saturated heterocycles. The molecule has 0 amide bonds. The molecule has 0 aliphatic carbocycles. The minimum absolute atomic E-state index is 0.0103. The van der Waals surface area contributed by atoms with Crippen molar-refractivity contribution in [3.05, 3.63) is 35.5 Å². The predicted octanol–water partition coefficient (Wildman–Crippen LogP) is 2.37. The van der Waals surface area contributed by atoms with E-state index in [-0.39, 0.29) is 25.1 Å². The molecule has 0 fully saturated rings. The number of guanidine groups is 1. The van der Waals surface area contributed by atoms with Gasteiger partial charge in [0.25, 0.3) is 0 Å². The zero-order valence-corrected chi connectivity index (χ0v) is 17.2. The number of ether oxygens (including phenoxy) is 1. The van der Waals surface area contributed by atoms with Crippen LogP contribution in [0, 0.1) is 0 Å². The number of hydrogen-bond donors (Lipinski definition) is 2. The molecule has 3 heterocycles. The molecule has 30 heavy (non-hydrogen) atoms. The average Bonchev–Trinajstić information content (AvgIpc) is 3.13. The van der Waals surface area contributed by atoms with Crippen LogP contribution in [0.25, 0.3) is 0 Å². The molecule has 2 aromatic heterocycles. The molecule has 0 saturated carbocycles. The third-order valence-electron chi connectivity index (χ3n) is 4.67. The highest BCUT2D eigenvalue weighted by Gasteiger charge is 2.35. The van der Waals surface area contributed by atoms with Gasteiger partial charge in [-0.15, -0.1) is 0 Å². The van der Waals surface area contributed by atoms with Gasteiger partial charge in [-0.3, -0.25) is 4.99 Å². The molecule has 164 valence electrons. The smallest absolute Gasteiger partial charge is 0.421 e. The van der Waals surface area contributed by atoms with Gasteiger partial charge in [0.15, 0.2) is 11.8 Å². The van der Waals surface area contributed by atoms with Crippen LogP contribution in [0.2, 0.25) is 0 Å². The highest BCUT2D eigenvalue weighted by molar-refractivity contribution is 5.79. The minimum Gasteiger partial charge on any atom is -0.475 e. The maximum atomic E-state index is 13.0. The number of rotatable bonds is 6. The summed E-state index contributed by atoms with van der Waals surface area (Å²) >= 11 is 0. The molecule has 0 radical (unpaired) electrons. The molecule has 0 bridgehead atoms. The van der Waals surface area contributed by atoms with Gasteiger partial charge < -0.3 is 15.4 Å². The van der Waals surface area contributed by atoms with Crippen LogP contribution in [0.5, 0.6) is 5.88 Å². The van der Waals surface area contributed by atoms with Crippen LogP contribution in [-0.4, -0.2) is 51.9 Å². The molecule has 8 nitrogen and oxygen atoms in total. The first-order chi connectivity index (χ1) is 14.3. The Bertz CT molecular complexity index is 879. The molecule has 2 N–H and O–H groups in total. The number of aliphatic imine (C=N–C) groups is 1. The normalized spacial score (nSPS) is 17.0. The van der Waals surface area contributed by atoms with Crippen LogP contribution in [-0.2, 0) is 19.1 Å². The van der Waals surface area contributed by atoms with Crippen LogP contribution in [0.3, 0.4) is 0 Å². The molecule has 2 aromatic rings. The maximum absolute atomic E-state index is 13.0. The van der Waals surface area contributed by atoms with E-state index in [0.29, 0.717) is 12.5 Å². The fourth-order valence-electron chi connectivity index (χ4n) is 3.12. The molecule has 1 atom stereocenters. The van der Waals surface area contributed by atoms with Gasteiger partial charge in [-0.2, -0.15) is 18.3 Å². The van der Waals surface area contributed by atoms with E-state index in [4.69, 9.17) is 4.74 Å². The Hall–Kier alpha value is -2.85. The highest BCUT2D eigenvalue weighted by atomic mass is 19.4. The van der Waals surface area contributed by atoms with Gasteiger partial charge in [0, 0.05) is 31.6 Å². The number of nitrogens with zero attached hydrogens (tertiary/aromatic N) is 5. The van der Waals surface area contributed by atoms with Gasteiger partial charge in [-0.25, -0.2) is 14.6 Å². The molecule has 1 aliphatic rings. The molecule has 3 rings (SSSR count). The first-order valence-electron chi connectivity index (χ1n) is 9.83. The van der Waals surface area contributed by atoms with Crippen molar-refractivity contribution in [3.63, 3.8) is 0 Å². The van der Waals surface area contributed by atoms with Gasteiger partial charge in [0.1, 0.15) is 18.0 Å². The zero-order valence-electron chi connectivity index (χ0n) is 17.2. The summed E-state index contributed by atoms with van der Waals surface area (Å²) in [6.07, 6.45) is -1.54. The Balaban J connectivity index is 1.48. The Labute approximate surface area is 173 Å². The lowest BCUT2D eigenvalue weighted by Gasteiger charge is -2.25. The average molecular weight is 425 g/mol. The number of alkyl halides is 3. The maximum Gasteiger partial charge on any atom is 0.421 e. The summed E-state index contributed by atoms with van der Waals surface area (Å²) in [5.41, 5.74) is -0.890. The summed E-state index contributed by atoms with van der Waals surface area (Å²) < 4.78 is 46.1. The van der Waals surface area contributed by atoms with E-state index >= 15 is 0 Å². The number of fused-ring (bicyclic) bond motifs is 1. The molecule has 11 heteroatoms. The van der Waals surface area contributed by atoms with Crippen molar-refractivity contribution in [1.82, 2.24) is 30.4 Å². The fraction of sp³-hybridized carbons (Fsp3) is 0.579. The number of halogens is 3. The first-order valence-corrected chi connectivity index (χ1v) is 9.83. The lowest BCUT2D eigenvalue weighted by atomic mass is 10.1. The summed E-state index contributed by atoms with van der Waals surface area (Å²) in [5, 5.41) is 10.9. The second kappa shape index (κ2) is 9.31. The quantitative estimate of drug-likeness (QED) is 0.420. The fourth-order valence-corrected chi connectivity index (χ4v) is 3.12. The van der Waals surface area contributed by atoms with Crippen LogP contribution < -0.4 is 15.4 Å². The van der Waals surface area contributed by atoms with Crippen molar-refractivity contribution < 1.29 is 17.9 Å². The highest BCUT2D eigenvalue weighted by Crippen LogP contribution is 2.34. The number of aromatic nitrogens is 4. The summed E-state index contributed by atoms with van der Waals surface area (Å²) in [6.45, 7) is 5.08.